The average molecular weight is 232 g/mol. The molecule has 1 aliphatic heterocycles. The van der Waals surface area contributed by atoms with Crippen LogP contribution in [0.4, 0.5) is 5.69 Å². The maximum atomic E-state index is 3.22. The van der Waals surface area contributed by atoms with Crippen LogP contribution in [0.15, 0.2) is 18.2 Å². The van der Waals surface area contributed by atoms with E-state index in [-0.39, 0.29) is 0 Å². The van der Waals surface area contributed by atoms with Crippen LogP contribution in [0, 0.1) is 0 Å². The van der Waals surface area contributed by atoms with E-state index in [9.17, 15) is 0 Å². The van der Waals surface area contributed by atoms with Crippen molar-refractivity contribution in [2.24, 2.45) is 0 Å². The topological polar surface area (TPSA) is 15.3 Å². The summed E-state index contributed by atoms with van der Waals surface area (Å²) in [5.74, 6) is 0. The Morgan fingerprint density at radius 3 is 2.88 bits per heavy atom. The normalized spacial score (nSPS) is 14.5. The second-order valence-electron chi connectivity index (χ2n) is 5.16. The number of hydrogen-bond donors (Lipinski definition) is 1. The Hall–Kier alpha value is -1.02. The molecular formula is C15H24N2. The number of benzene rings is 1. The van der Waals surface area contributed by atoms with E-state index in [2.05, 4.69) is 42.3 Å². The van der Waals surface area contributed by atoms with Gasteiger partial charge in [0, 0.05) is 18.3 Å². The van der Waals surface area contributed by atoms with Crippen LogP contribution in [0.25, 0.3) is 0 Å². The number of fused-ring (bicyclic) bond motifs is 1. The van der Waals surface area contributed by atoms with Crippen molar-refractivity contribution in [2.75, 3.05) is 25.0 Å². The van der Waals surface area contributed by atoms with Gasteiger partial charge in [0.05, 0.1) is 0 Å². The molecule has 2 rings (SSSR count). The summed E-state index contributed by atoms with van der Waals surface area (Å²) in [5.41, 5.74) is 4.63. The summed E-state index contributed by atoms with van der Waals surface area (Å²) in [6.07, 6.45) is 3.66. The Labute approximate surface area is 105 Å². The van der Waals surface area contributed by atoms with Gasteiger partial charge in [-0.3, -0.25) is 0 Å². The zero-order valence-electron chi connectivity index (χ0n) is 11.3. The van der Waals surface area contributed by atoms with Crippen molar-refractivity contribution in [3.8, 4) is 0 Å². The molecule has 94 valence electrons. The van der Waals surface area contributed by atoms with E-state index in [1.54, 1.807) is 11.1 Å². The van der Waals surface area contributed by atoms with E-state index >= 15 is 0 Å². The van der Waals surface area contributed by atoms with Crippen LogP contribution >= 0.6 is 0 Å². The highest BCUT2D eigenvalue weighted by molar-refractivity contribution is 5.61. The van der Waals surface area contributed by atoms with Crippen LogP contribution in [0.5, 0.6) is 0 Å². The standard InChI is InChI=1S/C15H24N2/c1-12(2)17-11-9-14-13(7-5-10-16-3)6-4-8-15(14)17/h4,6,8,12,16H,5,7,9-11H2,1-3H3. The molecule has 0 radical (unpaired) electrons. The molecule has 1 aromatic rings. The minimum absolute atomic E-state index is 0.615. The molecule has 0 fully saturated rings. The summed E-state index contributed by atoms with van der Waals surface area (Å²) >= 11 is 0. The number of rotatable bonds is 5. The summed E-state index contributed by atoms with van der Waals surface area (Å²) in [6.45, 7) is 6.86. The van der Waals surface area contributed by atoms with Gasteiger partial charge in [-0.1, -0.05) is 12.1 Å². The Kier molecular flexibility index (Phi) is 4.06. The number of hydrogen-bond acceptors (Lipinski definition) is 2. The largest absolute Gasteiger partial charge is 0.369 e. The molecule has 2 nitrogen and oxygen atoms in total. The van der Waals surface area contributed by atoms with Gasteiger partial charge in [-0.25, -0.2) is 0 Å². The predicted molar refractivity (Wildman–Crippen MR) is 74.9 cm³/mol. The van der Waals surface area contributed by atoms with Crippen LogP contribution in [-0.4, -0.2) is 26.2 Å². The fraction of sp³-hybridized carbons (Fsp3) is 0.600. The first-order chi connectivity index (χ1) is 8.24. The molecule has 1 heterocycles. The molecule has 0 saturated carbocycles. The molecule has 2 heteroatoms. The van der Waals surface area contributed by atoms with E-state index in [0.717, 1.165) is 6.54 Å². The van der Waals surface area contributed by atoms with Crippen molar-refractivity contribution in [3.05, 3.63) is 29.3 Å². The van der Waals surface area contributed by atoms with Crippen LogP contribution in [-0.2, 0) is 12.8 Å². The van der Waals surface area contributed by atoms with Crippen LogP contribution in [0.2, 0.25) is 0 Å². The first kappa shape index (κ1) is 12.4. The molecule has 0 saturated heterocycles. The van der Waals surface area contributed by atoms with Crippen molar-refractivity contribution in [3.63, 3.8) is 0 Å². The lowest BCUT2D eigenvalue weighted by atomic mass is 10.0. The van der Waals surface area contributed by atoms with Gasteiger partial charge in [0.1, 0.15) is 0 Å². The van der Waals surface area contributed by atoms with Gasteiger partial charge in [-0.15, -0.1) is 0 Å². The Balaban J connectivity index is 2.15. The fourth-order valence-electron chi connectivity index (χ4n) is 2.76. The van der Waals surface area contributed by atoms with Gasteiger partial charge in [0.25, 0.3) is 0 Å². The number of anilines is 1. The van der Waals surface area contributed by atoms with Crippen LogP contribution < -0.4 is 10.2 Å². The fourth-order valence-corrected chi connectivity index (χ4v) is 2.76. The minimum atomic E-state index is 0.615. The summed E-state index contributed by atoms with van der Waals surface area (Å²) in [6, 6.07) is 7.42. The minimum Gasteiger partial charge on any atom is -0.369 e. The molecule has 1 aliphatic rings. The van der Waals surface area contributed by atoms with E-state index in [0.29, 0.717) is 6.04 Å². The molecule has 0 unspecified atom stereocenters. The number of aryl methyl sites for hydroxylation is 1. The lowest BCUT2D eigenvalue weighted by Crippen LogP contribution is -2.28. The zero-order chi connectivity index (χ0) is 12.3. The molecule has 1 N–H and O–H groups in total. The Morgan fingerprint density at radius 2 is 2.18 bits per heavy atom. The molecular weight excluding hydrogens is 208 g/mol. The van der Waals surface area contributed by atoms with Crippen LogP contribution in [0.3, 0.4) is 0 Å². The summed E-state index contributed by atoms with van der Waals surface area (Å²) < 4.78 is 0. The quantitative estimate of drug-likeness (QED) is 0.785. The average Bonchev–Trinajstić information content (AvgIpc) is 2.74. The van der Waals surface area contributed by atoms with Crippen molar-refractivity contribution in [2.45, 2.75) is 39.2 Å². The third-order valence-electron chi connectivity index (χ3n) is 3.66. The molecule has 0 amide bonds. The number of nitrogens with one attached hydrogen (secondary N) is 1. The first-order valence-electron chi connectivity index (χ1n) is 6.76. The lowest BCUT2D eigenvalue weighted by molar-refractivity contribution is 0.709. The van der Waals surface area contributed by atoms with E-state index in [4.69, 9.17) is 0 Å². The van der Waals surface area contributed by atoms with Crippen molar-refractivity contribution in [1.82, 2.24) is 5.32 Å². The molecule has 0 bridgehead atoms. The molecule has 0 spiro atoms. The Bertz CT molecular complexity index is 371. The van der Waals surface area contributed by atoms with Gasteiger partial charge in [-0.2, -0.15) is 0 Å². The first-order valence-corrected chi connectivity index (χ1v) is 6.76. The Morgan fingerprint density at radius 1 is 1.35 bits per heavy atom. The summed E-state index contributed by atoms with van der Waals surface area (Å²) in [5, 5.41) is 3.22. The summed E-state index contributed by atoms with van der Waals surface area (Å²) in [7, 11) is 2.02. The van der Waals surface area contributed by atoms with E-state index < -0.39 is 0 Å². The third-order valence-corrected chi connectivity index (χ3v) is 3.66. The number of nitrogens with zero attached hydrogens (tertiary/aromatic N) is 1. The predicted octanol–water partition coefficient (Wildman–Crippen LogP) is 2.61. The van der Waals surface area contributed by atoms with Gasteiger partial charge in [0.15, 0.2) is 0 Å². The lowest BCUT2D eigenvalue weighted by Gasteiger charge is -2.24. The smallest absolute Gasteiger partial charge is 0.0404 e. The van der Waals surface area contributed by atoms with Crippen molar-refractivity contribution >= 4 is 5.69 Å². The molecule has 0 atom stereocenters. The van der Waals surface area contributed by atoms with Crippen molar-refractivity contribution < 1.29 is 0 Å². The van der Waals surface area contributed by atoms with E-state index in [1.807, 2.05) is 7.05 Å². The van der Waals surface area contributed by atoms with Crippen LogP contribution in [0.1, 0.15) is 31.4 Å². The van der Waals surface area contributed by atoms with Gasteiger partial charge in [-0.05, 0) is 63.9 Å². The molecule has 17 heavy (non-hydrogen) atoms. The van der Waals surface area contributed by atoms with Gasteiger partial charge < -0.3 is 10.2 Å². The highest BCUT2D eigenvalue weighted by Crippen LogP contribution is 2.32. The van der Waals surface area contributed by atoms with Gasteiger partial charge >= 0.3 is 0 Å². The second kappa shape index (κ2) is 5.54. The third kappa shape index (κ3) is 2.63. The maximum Gasteiger partial charge on any atom is 0.0404 e. The molecule has 0 aromatic heterocycles. The van der Waals surface area contributed by atoms with E-state index in [1.165, 1.54) is 31.5 Å². The van der Waals surface area contributed by atoms with Gasteiger partial charge in [0.2, 0.25) is 0 Å². The zero-order valence-corrected chi connectivity index (χ0v) is 11.3. The highest BCUT2D eigenvalue weighted by atomic mass is 15.2. The molecule has 0 aliphatic carbocycles. The SMILES string of the molecule is CNCCCc1cccc2c1CCN2C(C)C. The summed E-state index contributed by atoms with van der Waals surface area (Å²) in [4.78, 5) is 2.52. The highest BCUT2D eigenvalue weighted by Gasteiger charge is 2.22. The van der Waals surface area contributed by atoms with Crippen molar-refractivity contribution in [1.29, 1.82) is 0 Å². The second-order valence-corrected chi connectivity index (χ2v) is 5.16. The monoisotopic (exact) mass is 232 g/mol. The maximum absolute atomic E-state index is 3.22. The molecule has 1 aromatic carbocycles.